The van der Waals surface area contributed by atoms with Gasteiger partial charge in [-0.1, -0.05) is 19.9 Å². The summed E-state index contributed by atoms with van der Waals surface area (Å²) >= 11 is 2.41. The van der Waals surface area contributed by atoms with Gasteiger partial charge in [0.15, 0.2) is 0 Å². The summed E-state index contributed by atoms with van der Waals surface area (Å²) in [5.41, 5.74) is -0.601. The number of allylic oxidation sites excluding steroid dienone is 2. The van der Waals surface area contributed by atoms with Crippen molar-refractivity contribution in [3.8, 4) is 0 Å². The second-order valence-corrected chi connectivity index (χ2v) is 5.03. The van der Waals surface area contributed by atoms with Crippen LogP contribution in [0.25, 0.3) is 0 Å². The summed E-state index contributed by atoms with van der Waals surface area (Å²) in [5, 5.41) is 8.75. The van der Waals surface area contributed by atoms with E-state index in [0.717, 1.165) is 6.08 Å². The van der Waals surface area contributed by atoms with E-state index in [1.54, 1.807) is 13.8 Å². The lowest BCUT2D eigenvalue weighted by Gasteiger charge is -2.04. The topological polar surface area (TPSA) is 37.3 Å². The Morgan fingerprint density at radius 1 is 1.47 bits per heavy atom. The fourth-order valence-corrected chi connectivity index (χ4v) is 2.00. The number of hydrogen-bond donors (Lipinski definition) is 1. The van der Waals surface area contributed by atoms with E-state index in [-0.39, 0.29) is 0 Å². The molecule has 0 aromatic rings. The second-order valence-electron chi connectivity index (χ2n) is 4.18. The molecule has 1 aliphatic carbocycles. The molecule has 1 fully saturated rings. The minimum Gasteiger partial charge on any atom is -0.481 e. The van der Waals surface area contributed by atoms with Gasteiger partial charge in [-0.2, -0.15) is 13.2 Å². The van der Waals surface area contributed by atoms with Crippen LogP contribution in [0, 0.1) is 17.3 Å². The molecule has 1 N–H and O–H groups in total. The summed E-state index contributed by atoms with van der Waals surface area (Å²) in [6.45, 7) is 3.28. The largest absolute Gasteiger partial charge is 0.481 e. The fourth-order valence-electron chi connectivity index (χ4n) is 1.71. The first-order chi connectivity index (χ1) is 6.58. The van der Waals surface area contributed by atoms with Crippen LogP contribution in [0.3, 0.4) is 0 Å². The summed E-state index contributed by atoms with van der Waals surface area (Å²) in [4.78, 5) is 10.7. The van der Waals surface area contributed by atoms with Crippen molar-refractivity contribution < 1.29 is 23.1 Å². The van der Waals surface area contributed by atoms with E-state index in [9.17, 15) is 18.0 Å². The van der Waals surface area contributed by atoms with Crippen LogP contribution in [0.15, 0.2) is 10.6 Å². The Bertz CT molecular complexity index is 320. The average molecular weight is 287 g/mol. The van der Waals surface area contributed by atoms with Crippen LogP contribution in [-0.4, -0.2) is 17.3 Å². The van der Waals surface area contributed by atoms with E-state index in [2.05, 4.69) is 15.9 Å². The normalized spacial score (nSPS) is 30.1. The SMILES string of the molecule is CC1(C)C(C=C(Br)C(F)(F)F)C1C(=O)O. The second kappa shape index (κ2) is 3.50. The van der Waals surface area contributed by atoms with Gasteiger partial charge < -0.3 is 5.11 Å². The van der Waals surface area contributed by atoms with Gasteiger partial charge in [-0.15, -0.1) is 0 Å². The number of aliphatic carboxylic acids is 1. The molecule has 1 saturated carbocycles. The molecule has 0 aliphatic heterocycles. The molecule has 0 radical (unpaired) electrons. The Hall–Kier alpha value is -0.520. The van der Waals surface area contributed by atoms with Crippen molar-refractivity contribution in [2.75, 3.05) is 0 Å². The van der Waals surface area contributed by atoms with Crippen LogP contribution in [0.5, 0.6) is 0 Å². The Balaban J connectivity index is 2.83. The fraction of sp³-hybridized carbons (Fsp3) is 0.667. The highest BCUT2D eigenvalue weighted by Crippen LogP contribution is 2.60. The molecule has 0 bridgehead atoms. The summed E-state index contributed by atoms with van der Waals surface area (Å²) in [5.74, 6) is -2.35. The van der Waals surface area contributed by atoms with Gasteiger partial charge in [0.05, 0.1) is 10.4 Å². The maximum atomic E-state index is 12.2. The van der Waals surface area contributed by atoms with Crippen molar-refractivity contribution >= 4 is 21.9 Å². The lowest BCUT2D eigenvalue weighted by molar-refractivity contribution is -0.139. The molecular weight excluding hydrogens is 277 g/mol. The quantitative estimate of drug-likeness (QED) is 0.847. The molecule has 0 amide bonds. The predicted octanol–water partition coefficient (Wildman–Crippen LogP) is 3.18. The maximum absolute atomic E-state index is 12.2. The molecule has 0 heterocycles. The average Bonchev–Trinajstić information content (AvgIpc) is 2.50. The zero-order valence-corrected chi connectivity index (χ0v) is 9.69. The highest BCUT2D eigenvalue weighted by atomic mass is 79.9. The van der Waals surface area contributed by atoms with E-state index in [1.807, 2.05) is 0 Å². The summed E-state index contributed by atoms with van der Waals surface area (Å²) in [6, 6.07) is 0. The van der Waals surface area contributed by atoms with Crippen LogP contribution in [0.2, 0.25) is 0 Å². The van der Waals surface area contributed by atoms with Gasteiger partial charge in [0.1, 0.15) is 0 Å². The highest BCUT2D eigenvalue weighted by molar-refractivity contribution is 9.11. The van der Waals surface area contributed by atoms with Crippen molar-refractivity contribution in [2.45, 2.75) is 20.0 Å². The van der Waals surface area contributed by atoms with Crippen molar-refractivity contribution in [1.29, 1.82) is 0 Å². The molecule has 86 valence electrons. The van der Waals surface area contributed by atoms with Crippen LogP contribution in [-0.2, 0) is 4.79 Å². The number of alkyl halides is 3. The van der Waals surface area contributed by atoms with Crippen LogP contribution < -0.4 is 0 Å². The molecule has 2 unspecified atom stereocenters. The van der Waals surface area contributed by atoms with Gasteiger partial charge in [0.2, 0.25) is 0 Å². The summed E-state index contributed by atoms with van der Waals surface area (Å²) in [7, 11) is 0. The maximum Gasteiger partial charge on any atom is 0.422 e. The number of rotatable bonds is 2. The molecule has 6 heteroatoms. The first-order valence-electron chi connectivity index (χ1n) is 4.26. The van der Waals surface area contributed by atoms with Gasteiger partial charge in [-0.3, -0.25) is 4.79 Å². The predicted molar refractivity (Wildman–Crippen MR) is 51.5 cm³/mol. The Morgan fingerprint density at radius 2 is 1.93 bits per heavy atom. The molecule has 0 spiro atoms. The minimum atomic E-state index is -4.44. The van der Waals surface area contributed by atoms with Crippen LogP contribution >= 0.6 is 15.9 Å². The smallest absolute Gasteiger partial charge is 0.422 e. The molecule has 0 aromatic heterocycles. The van der Waals surface area contributed by atoms with Gasteiger partial charge in [0.25, 0.3) is 0 Å². The first-order valence-corrected chi connectivity index (χ1v) is 5.05. The molecule has 0 aromatic carbocycles. The van der Waals surface area contributed by atoms with E-state index >= 15 is 0 Å². The Morgan fingerprint density at radius 3 is 2.20 bits per heavy atom. The van der Waals surface area contributed by atoms with Crippen molar-refractivity contribution in [3.05, 3.63) is 10.6 Å². The number of hydrogen-bond acceptors (Lipinski definition) is 1. The molecule has 15 heavy (non-hydrogen) atoms. The van der Waals surface area contributed by atoms with Crippen LogP contribution in [0.4, 0.5) is 13.2 Å². The first kappa shape index (κ1) is 12.5. The van der Waals surface area contributed by atoms with E-state index in [4.69, 9.17) is 5.11 Å². The number of carbonyl (C=O) groups is 1. The summed E-state index contributed by atoms with van der Waals surface area (Å²) in [6.07, 6.45) is -3.50. The Kier molecular flexibility index (Phi) is 2.93. The van der Waals surface area contributed by atoms with Crippen LogP contribution in [0.1, 0.15) is 13.8 Å². The van der Waals surface area contributed by atoms with Gasteiger partial charge >= 0.3 is 12.1 Å². The lowest BCUT2D eigenvalue weighted by Crippen LogP contribution is -2.07. The molecule has 1 aliphatic rings. The van der Waals surface area contributed by atoms with E-state index in [1.165, 1.54) is 0 Å². The molecular formula is C9H10BrF3O2. The van der Waals surface area contributed by atoms with E-state index in [0.29, 0.717) is 0 Å². The summed E-state index contributed by atoms with van der Waals surface area (Å²) < 4.78 is 35.6. The molecule has 0 saturated heterocycles. The third-order valence-corrected chi connectivity index (χ3v) is 3.49. The van der Waals surface area contributed by atoms with Crippen molar-refractivity contribution in [1.82, 2.24) is 0 Å². The molecule has 2 atom stereocenters. The highest BCUT2D eigenvalue weighted by Gasteiger charge is 2.61. The monoisotopic (exact) mass is 286 g/mol. The van der Waals surface area contributed by atoms with Gasteiger partial charge in [-0.25, -0.2) is 0 Å². The lowest BCUT2D eigenvalue weighted by atomic mass is 10.1. The third kappa shape index (κ3) is 2.35. The third-order valence-electron chi connectivity index (χ3n) is 2.77. The van der Waals surface area contributed by atoms with Crippen molar-refractivity contribution in [3.63, 3.8) is 0 Å². The van der Waals surface area contributed by atoms with Gasteiger partial charge in [0, 0.05) is 0 Å². The number of halogens is 4. The number of carboxylic acid groups (broad SMARTS) is 1. The number of carboxylic acids is 1. The zero-order chi connectivity index (χ0) is 12.0. The standard InChI is InChI=1S/C9H10BrF3O2/c1-8(2)4(6(8)7(14)15)3-5(10)9(11,12)13/h3-4,6H,1-2H3,(H,14,15). The minimum absolute atomic E-state index is 0.564. The zero-order valence-electron chi connectivity index (χ0n) is 8.10. The van der Waals surface area contributed by atoms with Crippen molar-refractivity contribution in [2.24, 2.45) is 17.3 Å². The Labute approximate surface area is 93.3 Å². The molecule has 2 nitrogen and oxygen atoms in total. The molecule has 1 rings (SSSR count). The van der Waals surface area contributed by atoms with Gasteiger partial charge in [-0.05, 0) is 27.3 Å². The van der Waals surface area contributed by atoms with E-state index < -0.39 is 33.9 Å².